The Morgan fingerprint density at radius 1 is 1.33 bits per heavy atom. The van der Waals surface area contributed by atoms with E-state index < -0.39 is 0 Å². The van der Waals surface area contributed by atoms with Crippen molar-refractivity contribution in [2.75, 3.05) is 0 Å². The van der Waals surface area contributed by atoms with Crippen LogP contribution in [0.3, 0.4) is 0 Å². The van der Waals surface area contributed by atoms with E-state index in [1.165, 1.54) is 5.56 Å². The minimum atomic E-state index is 0.0616. The molecule has 122 valence electrons. The zero-order valence-electron chi connectivity index (χ0n) is 14.0. The molecule has 0 amide bonds. The van der Waals surface area contributed by atoms with Gasteiger partial charge in [0.15, 0.2) is 0 Å². The Balaban J connectivity index is 1.81. The summed E-state index contributed by atoms with van der Waals surface area (Å²) in [5.41, 5.74) is 3.64. The molecule has 3 aromatic rings. The number of benzene rings is 1. The molecular weight excluding hydrogens is 298 g/mol. The van der Waals surface area contributed by atoms with Crippen LogP contribution < -0.4 is 5.32 Å². The fourth-order valence-corrected chi connectivity index (χ4v) is 2.90. The summed E-state index contributed by atoms with van der Waals surface area (Å²) in [7, 11) is 0. The smallest absolute Gasteiger partial charge is 0.103 e. The average molecular weight is 319 g/mol. The van der Waals surface area contributed by atoms with Gasteiger partial charge in [-0.3, -0.25) is 10.1 Å². The summed E-state index contributed by atoms with van der Waals surface area (Å²) in [6, 6.07) is 12.6. The molecule has 0 aliphatic heterocycles. The summed E-state index contributed by atoms with van der Waals surface area (Å²) in [5.74, 6) is 0.385. The number of hydrogen-bond donors (Lipinski definition) is 2. The predicted octanol–water partition coefficient (Wildman–Crippen LogP) is 3.71. The fourth-order valence-electron chi connectivity index (χ4n) is 2.90. The van der Waals surface area contributed by atoms with E-state index in [1.807, 2.05) is 12.3 Å². The van der Waals surface area contributed by atoms with Crippen molar-refractivity contribution in [1.29, 1.82) is 5.26 Å². The maximum absolute atomic E-state index is 9.27. The quantitative estimate of drug-likeness (QED) is 0.726. The van der Waals surface area contributed by atoms with Crippen molar-refractivity contribution in [1.82, 2.24) is 20.5 Å². The average Bonchev–Trinajstić information content (AvgIpc) is 3.10. The maximum atomic E-state index is 9.27. The summed E-state index contributed by atoms with van der Waals surface area (Å²) in [6.45, 7) is 5.05. The Labute approximate surface area is 141 Å². The zero-order chi connectivity index (χ0) is 16.9. The molecule has 1 unspecified atom stereocenters. The minimum Gasteiger partial charge on any atom is -0.304 e. The molecular formula is C19H21N5. The summed E-state index contributed by atoms with van der Waals surface area (Å²) in [5, 5.41) is 21.0. The molecule has 0 aliphatic rings. The molecule has 2 heterocycles. The normalized spacial score (nSPS) is 13.5. The largest absolute Gasteiger partial charge is 0.304 e. The van der Waals surface area contributed by atoms with Gasteiger partial charge in [-0.25, -0.2) is 0 Å². The van der Waals surface area contributed by atoms with Gasteiger partial charge in [0.1, 0.15) is 6.07 Å². The summed E-state index contributed by atoms with van der Waals surface area (Å²) < 4.78 is 0. The topological polar surface area (TPSA) is 77.4 Å². The van der Waals surface area contributed by atoms with Crippen LogP contribution in [0.25, 0.3) is 10.9 Å². The van der Waals surface area contributed by atoms with Gasteiger partial charge in [-0.05, 0) is 23.6 Å². The van der Waals surface area contributed by atoms with Crippen LogP contribution in [0.5, 0.6) is 0 Å². The molecule has 0 radical (unpaired) electrons. The van der Waals surface area contributed by atoms with E-state index in [1.54, 1.807) is 6.20 Å². The SMILES string of the molecule is CC[C@@H](C)C(NCc1ccc2cccnc2c1)c1[nH]ncc1C#N. The van der Waals surface area contributed by atoms with Crippen LogP contribution in [0.2, 0.25) is 0 Å². The van der Waals surface area contributed by atoms with Crippen molar-refractivity contribution in [2.45, 2.75) is 32.9 Å². The van der Waals surface area contributed by atoms with Gasteiger partial charge >= 0.3 is 0 Å². The third-order valence-corrected chi connectivity index (χ3v) is 4.51. The van der Waals surface area contributed by atoms with Crippen LogP contribution in [-0.2, 0) is 6.54 Å². The summed E-state index contributed by atoms with van der Waals surface area (Å²) >= 11 is 0. The van der Waals surface area contributed by atoms with Crippen molar-refractivity contribution in [3.63, 3.8) is 0 Å². The van der Waals surface area contributed by atoms with Crippen molar-refractivity contribution in [2.24, 2.45) is 5.92 Å². The Hall–Kier alpha value is -2.71. The molecule has 0 saturated heterocycles. The van der Waals surface area contributed by atoms with Crippen LogP contribution in [-0.4, -0.2) is 15.2 Å². The molecule has 3 rings (SSSR count). The molecule has 5 heteroatoms. The van der Waals surface area contributed by atoms with E-state index in [2.05, 4.69) is 64.7 Å². The number of aromatic nitrogens is 3. The molecule has 0 saturated carbocycles. The van der Waals surface area contributed by atoms with Gasteiger partial charge in [-0.15, -0.1) is 0 Å². The molecule has 0 spiro atoms. The fraction of sp³-hybridized carbons (Fsp3) is 0.316. The van der Waals surface area contributed by atoms with E-state index >= 15 is 0 Å². The Morgan fingerprint density at radius 2 is 2.21 bits per heavy atom. The maximum Gasteiger partial charge on any atom is 0.103 e. The molecule has 24 heavy (non-hydrogen) atoms. The van der Waals surface area contributed by atoms with E-state index in [0.29, 0.717) is 18.0 Å². The van der Waals surface area contributed by atoms with Gasteiger partial charge in [-0.1, -0.05) is 38.5 Å². The van der Waals surface area contributed by atoms with Gasteiger partial charge in [0.2, 0.25) is 0 Å². The molecule has 2 atom stereocenters. The lowest BCUT2D eigenvalue weighted by Gasteiger charge is -2.23. The van der Waals surface area contributed by atoms with E-state index in [9.17, 15) is 5.26 Å². The van der Waals surface area contributed by atoms with Crippen molar-refractivity contribution < 1.29 is 0 Å². The van der Waals surface area contributed by atoms with Gasteiger partial charge in [0.25, 0.3) is 0 Å². The number of rotatable bonds is 6. The lowest BCUT2D eigenvalue weighted by atomic mass is 9.94. The van der Waals surface area contributed by atoms with Crippen LogP contribution in [0, 0.1) is 17.2 Å². The first-order chi connectivity index (χ1) is 11.7. The van der Waals surface area contributed by atoms with E-state index in [-0.39, 0.29) is 6.04 Å². The highest BCUT2D eigenvalue weighted by atomic mass is 15.1. The van der Waals surface area contributed by atoms with Crippen LogP contribution in [0.15, 0.2) is 42.7 Å². The highest BCUT2D eigenvalue weighted by Crippen LogP contribution is 2.26. The number of fused-ring (bicyclic) bond motifs is 1. The number of aromatic amines is 1. The first kappa shape index (κ1) is 16.2. The van der Waals surface area contributed by atoms with Crippen LogP contribution >= 0.6 is 0 Å². The van der Waals surface area contributed by atoms with E-state index in [4.69, 9.17) is 0 Å². The standard InChI is InChI=1S/C19H21N5/c1-3-13(2)18(19-16(10-20)12-23-24-19)22-11-14-6-7-15-5-4-8-21-17(15)9-14/h4-9,12-13,18,22H,3,11H2,1-2H3,(H,23,24)/t13-,18?/m1/s1. The van der Waals surface area contributed by atoms with E-state index in [0.717, 1.165) is 23.0 Å². The second-order valence-electron chi connectivity index (χ2n) is 6.08. The van der Waals surface area contributed by atoms with Gasteiger partial charge < -0.3 is 5.32 Å². The highest BCUT2D eigenvalue weighted by molar-refractivity contribution is 5.78. The van der Waals surface area contributed by atoms with Gasteiger partial charge in [0, 0.05) is 18.1 Å². The molecule has 2 aromatic heterocycles. The zero-order valence-corrected chi connectivity index (χ0v) is 14.0. The van der Waals surface area contributed by atoms with Crippen molar-refractivity contribution in [3.8, 4) is 6.07 Å². The predicted molar refractivity (Wildman–Crippen MR) is 94.1 cm³/mol. The Bertz CT molecular complexity index is 861. The first-order valence-corrected chi connectivity index (χ1v) is 8.23. The number of nitriles is 1. The Kier molecular flexibility index (Phi) is 4.88. The molecule has 1 aromatic carbocycles. The van der Waals surface area contributed by atoms with Gasteiger partial charge in [0.05, 0.1) is 29.0 Å². The molecule has 0 aliphatic carbocycles. The third-order valence-electron chi connectivity index (χ3n) is 4.51. The number of H-pyrrole nitrogens is 1. The molecule has 5 nitrogen and oxygen atoms in total. The number of hydrogen-bond acceptors (Lipinski definition) is 4. The monoisotopic (exact) mass is 319 g/mol. The third kappa shape index (κ3) is 3.29. The molecule has 2 N–H and O–H groups in total. The number of nitrogens with one attached hydrogen (secondary N) is 2. The molecule has 0 bridgehead atoms. The van der Waals surface area contributed by atoms with Crippen molar-refractivity contribution in [3.05, 3.63) is 59.5 Å². The minimum absolute atomic E-state index is 0.0616. The number of nitrogens with zero attached hydrogens (tertiary/aromatic N) is 3. The van der Waals surface area contributed by atoms with Crippen LogP contribution in [0.4, 0.5) is 0 Å². The second-order valence-corrected chi connectivity index (χ2v) is 6.08. The van der Waals surface area contributed by atoms with Gasteiger partial charge in [-0.2, -0.15) is 10.4 Å². The van der Waals surface area contributed by atoms with Crippen molar-refractivity contribution >= 4 is 10.9 Å². The number of pyridine rings is 1. The lowest BCUT2D eigenvalue weighted by molar-refractivity contribution is 0.367. The highest BCUT2D eigenvalue weighted by Gasteiger charge is 2.22. The Morgan fingerprint density at radius 3 is 3.00 bits per heavy atom. The van der Waals surface area contributed by atoms with Crippen LogP contribution in [0.1, 0.15) is 43.1 Å². The first-order valence-electron chi connectivity index (χ1n) is 8.23. The second kappa shape index (κ2) is 7.24. The molecule has 0 fully saturated rings. The summed E-state index contributed by atoms with van der Waals surface area (Å²) in [4.78, 5) is 4.41. The summed E-state index contributed by atoms with van der Waals surface area (Å²) in [6.07, 6.45) is 4.42. The lowest BCUT2D eigenvalue weighted by Crippen LogP contribution is -2.27.